The number of carbonyl (C=O) groups excluding carboxylic acids is 1. The SMILES string of the molecule is CN(C)CCN(CCl)C(=O)OCc1ccc(OS(=O)(=O)F)cc1. The minimum absolute atomic E-state index is 0.00775. The highest BCUT2D eigenvalue weighted by Crippen LogP contribution is 2.15. The van der Waals surface area contributed by atoms with E-state index in [4.69, 9.17) is 16.3 Å². The molecule has 0 aliphatic carbocycles. The van der Waals surface area contributed by atoms with E-state index >= 15 is 0 Å². The first-order valence-electron chi connectivity index (χ1n) is 6.56. The Balaban J connectivity index is 2.51. The highest BCUT2D eigenvalue weighted by atomic mass is 35.5. The van der Waals surface area contributed by atoms with Crippen LogP contribution in [-0.2, 0) is 21.8 Å². The van der Waals surface area contributed by atoms with Crippen LogP contribution in [0.4, 0.5) is 8.68 Å². The molecule has 1 rings (SSSR count). The lowest BCUT2D eigenvalue weighted by molar-refractivity contribution is 0.1000. The predicted molar refractivity (Wildman–Crippen MR) is 83.3 cm³/mol. The van der Waals surface area contributed by atoms with Crippen molar-refractivity contribution in [3.05, 3.63) is 29.8 Å². The minimum atomic E-state index is -5.05. The van der Waals surface area contributed by atoms with Gasteiger partial charge in [-0.1, -0.05) is 16.0 Å². The number of alkyl halides is 1. The topological polar surface area (TPSA) is 76.2 Å². The van der Waals surface area contributed by atoms with Gasteiger partial charge in [0, 0.05) is 13.1 Å². The second kappa shape index (κ2) is 8.90. The maximum absolute atomic E-state index is 12.3. The summed E-state index contributed by atoms with van der Waals surface area (Å²) in [4.78, 5) is 15.1. The standard InChI is InChI=1S/C13H18ClFN2O5S/c1-16(2)7-8-17(10-14)13(18)21-9-11-3-5-12(6-4-11)22-23(15,19)20/h3-6H,7-10H2,1-2H3. The van der Waals surface area contributed by atoms with Crippen LogP contribution in [0.25, 0.3) is 0 Å². The Hall–Kier alpha value is -1.58. The molecule has 0 radical (unpaired) electrons. The molecule has 1 aromatic rings. The summed E-state index contributed by atoms with van der Waals surface area (Å²) in [5.41, 5.74) is 0.587. The molecule has 10 heteroatoms. The van der Waals surface area contributed by atoms with E-state index in [2.05, 4.69) is 4.18 Å². The van der Waals surface area contributed by atoms with Gasteiger partial charge in [0.25, 0.3) is 0 Å². The molecule has 23 heavy (non-hydrogen) atoms. The maximum Gasteiger partial charge on any atom is 0.488 e. The van der Waals surface area contributed by atoms with Crippen molar-refractivity contribution in [1.29, 1.82) is 0 Å². The van der Waals surface area contributed by atoms with Crippen molar-refractivity contribution in [2.45, 2.75) is 6.61 Å². The van der Waals surface area contributed by atoms with E-state index in [1.807, 2.05) is 19.0 Å². The second-order valence-corrected chi connectivity index (χ2v) is 6.05. The second-order valence-electron chi connectivity index (χ2n) is 4.86. The zero-order valence-corrected chi connectivity index (χ0v) is 14.3. The molecule has 1 amide bonds. The van der Waals surface area contributed by atoms with Crippen LogP contribution >= 0.6 is 11.6 Å². The first-order valence-corrected chi connectivity index (χ1v) is 8.41. The zero-order valence-electron chi connectivity index (χ0n) is 12.7. The van der Waals surface area contributed by atoms with Gasteiger partial charge in [0.05, 0.1) is 6.00 Å². The number of ether oxygens (including phenoxy) is 1. The summed E-state index contributed by atoms with van der Waals surface area (Å²) in [5.74, 6) is -0.170. The van der Waals surface area contributed by atoms with Crippen LogP contribution in [0.1, 0.15) is 5.56 Å². The molecule has 0 aliphatic heterocycles. The number of benzene rings is 1. The first kappa shape index (κ1) is 19.5. The number of halogens is 2. The summed E-state index contributed by atoms with van der Waals surface area (Å²) in [5, 5.41) is 0. The Labute approximate surface area is 139 Å². The Morgan fingerprint density at radius 2 is 1.83 bits per heavy atom. The number of rotatable bonds is 8. The van der Waals surface area contributed by atoms with Crippen molar-refractivity contribution in [3.63, 3.8) is 0 Å². The smallest absolute Gasteiger partial charge is 0.445 e. The van der Waals surface area contributed by atoms with Crippen LogP contribution in [0.15, 0.2) is 24.3 Å². The Morgan fingerprint density at radius 1 is 1.22 bits per heavy atom. The summed E-state index contributed by atoms with van der Waals surface area (Å²) >= 11 is 5.71. The average Bonchev–Trinajstić information content (AvgIpc) is 2.45. The highest BCUT2D eigenvalue weighted by molar-refractivity contribution is 7.81. The number of amides is 1. The van der Waals surface area contributed by atoms with Crippen LogP contribution in [0.3, 0.4) is 0 Å². The van der Waals surface area contributed by atoms with Gasteiger partial charge in [-0.2, -0.15) is 8.42 Å². The van der Waals surface area contributed by atoms with E-state index in [0.717, 1.165) is 0 Å². The average molecular weight is 369 g/mol. The molecule has 0 saturated heterocycles. The van der Waals surface area contributed by atoms with Gasteiger partial charge in [0.15, 0.2) is 0 Å². The molecule has 0 aliphatic rings. The Bertz CT molecular complexity index is 609. The summed E-state index contributed by atoms with van der Waals surface area (Å²) in [6.45, 7) is 1.04. The lowest BCUT2D eigenvalue weighted by Crippen LogP contribution is -2.36. The summed E-state index contributed by atoms with van der Waals surface area (Å²) < 4.78 is 42.2. The van der Waals surface area contributed by atoms with Gasteiger partial charge < -0.3 is 13.8 Å². The van der Waals surface area contributed by atoms with Gasteiger partial charge in [-0.3, -0.25) is 4.90 Å². The van der Waals surface area contributed by atoms with Crippen LogP contribution in [-0.4, -0.2) is 57.5 Å². The zero-order chi connectivity index (χ0) is 17.5. The highest BCUT2D eigenvalue weighted by Gasteiger charge is 2.14. The van der Waals surface area contributed by atoms with Crippen LogP contribution in [0.5, 0.6) is 5.75 Å². The van der Waals surface area contributed by atoms with Crippen molar-refractivity contribution >= 4 is 28.2 Å². The number of hydrogen-bond donors (Lipinski definition) is 0. The summed E-state index contributed by atoms with van der Waals surface area (Å²) in [7, 11) is -1.31. The molecule has 0 bridgehead atoms. The van der Waals surface area contributed by atoms with E-state index in [0.29, 0.717) is 18.7 Å². The van der Waals surface area contributed by atoms with Gasteiger partial charge in [0.2, 0.25) is 0 Å². The van der Waals surface area contributed by atoms with E-state index in [1.165, 1.54) is 29.2 Å². The number of carbonyl (C=O) groups is 1. The molecule has 0 aromatic heterocycles. The number of nitrogens with zero attached hydrogens (tertiary/aromatic N) is 2. The molecule has 0 unspecified atom stereocenters. The third-order valence-electron chi connectivity index (χ3n) is 2.70. The molecule has 0 spiro atoms. The van der Waals surface area contributed by atoms with Crippen LogP contribution in [0.2, 0.25) is 0 Å². The third-order valence-corrected chi connectivity index (χ3v) is 3.38. The van der Waals surface area contributed by atoms with Crippen molar-refractivity contribution in [2.75, 3.05) is 33.2 Å². The molecular formula is C13H18ClFN2O5S. The summed E-state index contributed by atoms with van der Waals surface area (Å²) in [6.07, 6.45) is -0.562. The molecular weight excluding hydrogens is 351 g/mol. The largest absolute Gasteiger partial charge is 0.488 e. The van der Waals surface area contributed by atoms with Crippen molar-refractivity contribution in [1.82, 2.24) is 9.80 Å². The molecule has 0 saturated carbocycles. The quantitative estimate of drug-likeness (QED) is 0.397. The molecule has 130 valence electrons. The molecule has 0 heterocycles. The molecule has 0 atom stereocenters. The fourth-order valence-corrected chi connectivity index (χ4v) is 2.07. The first-order chi connectivity index (χ1) is 10.7. The molecule has 0 fully saturated rings. The van der Waals surface area contributed by atoms with E-state index in [9.17, 15) is 17.1 Å². The monoisotopic (exact) mass is 368 g/mol. The third kappa shape index (κ3) is 8.00. The van der Waals surface area contributed by atoms with Gasteiger partial charge in [0.1, 0.15) is 12.4 Å². The Kier molecular flexibility index (Phi) is 7.53. The summed E-state index contributed by atoms with van der Waals surface area (Å²) in [6, 6.07) is 5.43. The Morgan fingerprint density at radius 3 is 2.30 bits per heavy atom. The van der Waals surface area contributed by atoms with Gasteiger partial charge in [-0.15, -0.1) is 11.6 Å². The normalized spacial score (nSPS) is 11.3. The molecule has 0 N–H and O–H groups in total. The van der Waals surface area contributed by atoms with Gasteiger partial charge >= 0.3 is 16.6 Å². The lowest BCUT2D eigenvalue weighted by atomic mass is 10.2. The number of hydrogen-bond acceptors (Lipinski definition) is 6. The molecule has 1 aromatic carbocycles. The maximum atomic E-state index is 12.3. The van der Waals surface area contributed by atoms with E-state index in [-0.39, 0.29) is 18.4 Å². The van der Waals surface area contributed by atoms with Crippen molar-refractivity contribution in [2.24, 2.45) is 0 Å². The fraction of sp³-hybridized carbons (Fsp3) is 0.462. The molecule has 7 nitrogen and oxygen atoms in total. The fourth-order valence-electron chi connectivity index (χ4n) is 1.51. The minimum Gasteiger partial charge on any atom is -0.445 e. The van der Waals surface area contributed by atoms with Crippen molar-refractivity contribution < 1.29 is 26.0 Å². The van der Waals surface area contributed by atoms with Gasteiger partial charge in [-0.25, -0.2) is 4.79 Å². The van der Waals surface area contributed by atoms with Crippen LogP contribution in [0, 0.1) is 0 Å². The lowest BCUT2D eigenvalue weighted by Gasteiger charge is -2.21. The predicted octanol–water partition coefficient (Wildman–Crippen LogP) is 1.98. The van der Waals surface area contributed by atoms with E-state index < -0.39 is 16.6 Å². The van der Waals surface area contributed by atoms with E-state index in [1.54, 1.807) is 0 Å². The van der Waals surface area contributed by atoms with Gasteiger partial charge in [-0.05, 0) is 31.8 Å². The number of likely N-dealkylation sites (N-methyl/N-ethyl adjacent to an activating group) is 1. The van der Waals surface area contributed by atoms with Crippen LogP contribution < -0.4 is 4.18 Å². The van der Waals surface area contributed by atoms with Crippen molar-refractivity contribution in [3.8, 4) is 5.75 Å².